The molecule has 3 heterocycles. The molecule has 2 unspecified atom stereocenters. The Bertz CT molecular complexity index is 431. The lowest BCUT2D eigenvalue weighted by molar-refractivity contribution is -0.140. The summed E-state index contributed by atoms with van der Waals surface area (Å²) in [5, 5.41) is 1.62. The molecule has 0 bridgehead atoms. The molecule has 0 aliphatic carbocycles. The lowest BCUT2D eigenvalue weighted by Gasteiger charge is -2.18. The fraction of sp³-hybridized carbons (Fsp3) is 0.727. The van der Waals surface area contributed by atoms with Gasteiger partial charge in [0.2, 0.25) is 0 Å². The minimum Gasteiger partial charge on any atom is -0.347 e. The van der Waals surface area contributed by atoms with Crippen LogP contribution >= 0.6 is 11.3 Å². The Labute approximate surface area is 107 Å². The van der Waals surface area contributed by atoms with Crippen molar-refractivity contribution in [2.24, 2.45) is 11.8 Å². The predicted octanol–water partition coefficient (Wildman–Crippen LogP) is 2.16. The van der Waals surface area contributed by atoms with E-state index in [-0.39, 0.29) is 0 Å². The smallest absolute Gasteiger partial charge is 0.347 e. The first-order valence-corrected chi connectivity index (χ1v) is 6.77. The van der Waals surface area contributed by atoms with Crippen LogP contribution in [0.3, 0.4) is 0 Å². The van der Waals surface area contributed by atoms with Crippen molar-refractivity contribution in [3.63, 3.8) is 0 Å². The fourth-order valence-corrected chi connectivity index (χ4v) is 3.78. The summed E-state index contributed by atoms with van der Waals surface area (Å²) < 4.78 is 37.5. The Morgan fingerprint density at radius 1 is 1.22 bits per heavy atom. The molecule has 2 aliphatic heterocycles. The van der Waals surface area contributed by atoms with Crippen LogP contribution < -0.4 is 4.90 Å². The van der Waals surface area contributed by atoms with Crippen LogP contribution in [0.15, 0.2) is 5.38 Å². The molecule has 2 aliphatic rings. The van der Waals surface area contributed by atoms with Crippen molar-refractivity contribution in [3.05, 3.63) is 11.1 Å². The number of hydrogen-bond acceptors (Lipinski definition) is 4. The average Bonchev–Trinajstić information content (AvgIpc) is 2.86. The highest BCUT2D eigenvalue weighted by Gasteiger charge is 2.40. The molecule has 0 aromatic carbocycles. The molecule has 0 radical (unpaired) electrons. The number of thiazole rings is 1. The van der Waals surface area contributed by atoms with E-state index in [1.165, 1.54) is 0 Å². The quantitative estimate of drug-likeness (QED) is 0.784. The minimum atomic E-state index is -4.33. The number of nitrogens with zero attached hydrogens (tertiary/aromatic N) is 3. The van der Waals surface area contributed by atoms with E-state index in [2.05, 4.69) is 16.9 Å². The zero-order chi connectivity index (χ0) is 12.9. The van der Waals surface area contributed by atoms with Crippen molar-refractivity contribution in [1.29, 1.82) is 0 Å². The Hall–Kier alpha value is -0.820. The summed E-state index contributed by atoms with van der Waals surface area (Å²) in [5.74, 6) is 1.15. The second-order valence-corrected chi connectivity index (χ2v) is 6.00. The average molecular weight is 277 g/mol. The third-order valence-electron chi connectivity index (χ3n) is 3.72. The van der Waals surface area contributed by atoms with E-state index in [9.17, 15) is 13.2 Å². The lowest BCUT2D eigenvalue weighted by Crippen LogP contribution is -2.26. The summed E-state index contributed by atoms with van der Waals surface area (Å²) in [4.78, 5) is 8.01. The highest BCUT2D eigenvalue weighted by atomic mass is 32.1. The van der Waals surface area contributed by atoms with Crippen molar-refractivity contribution in [2.45, 2.75) is 6.18 Å². The molecule has 100 valence electrons. The van der Waals surface area contributed by atoms with Gasteiger partial charge in [-0.15, -0.1) is 11.3 Å². The Morgan fingerprint density at radius 2 is 1.83 bits per heavy atom. The van der Waals surface area contributed by atoms with Crippen LogP contribution in [0.1, 0.15) is 5.69 Å². The monoisotopic (exact) mass is 277 g/mol. The summed E-state index contributed by atoms with van der Waals surface area (Å²) >= 11 is 1.09. The molecule has 2 atom stereocenters. The molecule has 18 heavy (non-hydrogen) atoms. The summed E-state index contributed by atoms with van der Waals surface area (Å²) in [5.41, 5.74) is -0.767. The van der Waals surface area contributed by atoms with E-state index in [4.69, 9.17) is 0 Å². The molecule has 3 rings (SSSR count). The van der Waals surface area contributed by atoms with Gasteiger partial charge < -0.3 is 9.80 Å². The van der Waals surface area contributed by atoms with Gasteiger partial charge in [0.1, 0.15) is 0 Å². The standard InChI is InChI=1S/C11H14F3N3S/c1-16-2-7-4-17(5-8(7)3-16)10-15-9(6-18-10)11(12,13)14/h6-8H,2-5H2,1H3. The van der Waals surface area contributed by atoms with Gasteiger partial charge in [-0.2, -0.15) is 13.2 Å². The Morgan fingerprint density at radius 3 is 2.33 bits per heavy atom. The van der Waals surface area contributed by atoms with Crippen LogP contribution in [-0.4, -0.2) is 43.1 Å². The molecule has 2 saturated heterocycles. The molecule has 2 fully saturated rings. The van der Waals surface area contributed by atoms with E-state index < -0.39 is 11.9 Å². The maximum atomic E-state index is 12.5. The normalized spacial score (nSPS) is 29.0. The van der Waals surface area contributed by atoms with Gasteiger partial charge in [-0.05, 0) is 18.9 Å². The first-order chi connectivity index (χ1) is 8.43. The van der Waals surface area contributed by atoms with Crippen molar-refractivity contribution in [3.8, 4) is 0 Å². The summed E-state index contributed by atoms with van der Waals surface area (Å²) in [6.07, 6.45) is -4.33. The van der Waals surface area contributed by atoms with Gasteiger partial charge >= 0.3 is 6.18 Å². The Balaban J connectivity index is 1.72. The van der Waals surface area contributed by atoms with Crippen LogP contribution in [0, 0.1) is 11.8 Å². The summed E-state index contributed by atoms with van der Waals surface area (Å²) in [6.45, 7) is 3.75. The number of halogens is 3. The van der Waals surface area contributed by atoms with Crippen LogP contribution in [0.2, 0.25) is 0 Å². The van der Waals surface area contributed by atoms with Gasteiger partial charge in [0.05, 0.1) is 0 Å². The van der Waals surface area contributed by atoms with Crippen LogP contribution in [0.5, 0.6) is 0 Å². The number of rotatable bonds is 1. The van der Waals surface area contributed by atoms with Crippen LogP contribution in [-0.2, 0) is 6.18 Å². The number of alkyl halides is 3. The van der Waals surface area contributed by atoms with E-state index in [1.54, 1.807) is 0 Å². The zero-order valence-electron chi connectivity index (χ0n) is 9.94. The molecular weight excluding hydrogens is 263 g/mol. The predicted molar refractivity (Wildman–Crippen MR) is 63.8 cm³/mol. The number of hydrogen-bond donors (Lipinski definition) is 0. The zero-order valence-corrected chi connectivity index (χ0v) is 10.8. The van der Waals surface area contributed by atoms with Gasteiger partial charge in [0.15, 0.2) is 10.8 Å². The molecule has 0 amide bonds. The topological polar surface area (TPSA) is 19.4 Å². The second-order valence-electron chi connectivity index (χ2n) is 5.16. The van der Waals surface area contributed by atoms with Gasteiger partial charge in [0, 0.05) is 31.6 Å². The highest BCUT2D eigenvalue weighted by molar-refractivity contribution is 7.13. The van der Waals surface area contributed by atoms with E-state index >= 15 is 0 Å². The highest BCUT2D eigenvalue weighted by Crippen LogP contribution is 2.37. The number of aromatic nitrogens is 1. The number of anilines is 1. The minimum absolute atomic E-state index is 0.513. The third kappa shape index (κ3) is 2.09. The molecule has 0 spiro atoms. The molecule has 3 nitrogen and oxygen atoms in total. The molecule has 7 heteroatoms. The second kappa shape index (κ2) is 4.09. The number of likely N-dealkylation sites (tertiary alicyclic amines) is 1. The maximum Gasteiger partial charge on any atom is 0.434 e. The molecular formula is C11H14F3N3S. The first-order valence-electron chi connectivity index (χ1n) is 5.89. The first kappa shape index (κ1) is 12.2. The van der Waals surface area contributed by atoms with E-state index in [0.29, 0.717) is 17.0 Å². The van der Waals surface area contributed by atoms with Gasteiger partial charge in [-0.1, -0.05) is 0 Å². The van der Waals surface area contributed by atoms with Crippen molar-refractivity contribution in [2.75, 3.05) is 38.1 Å². The van der Waals surface area contributed by atoms with Crippen molar-refractivity contribution in [1.82, 2.24) is 9.88 Å². The molecule has 1 aromatic rings. The van der Waals surface area contributed by atoms with E-state index in [0.717, 1.165) is 42.9 Å². The van der Waals surface area contributed by atoms with Crippen LogP contribution in [0.25, 0.3) is 0 Å². The van der Waals surface area contributed by atoms with Crippen molar-refractivity contribution >= 4 is 16.5 Å². The van der Waals surface area contributed by atoms with Crippen LogP contribution in [0.4, 0.5) is 18.3 Å². The van der Waals surface area contributed by atoms with E-state index in [1.807, 2.05) is 4.90 Å². The molecule has 0 N–H and O–H groups in total. The SMILES string of the molecule is CN1CC2CN(c3nc(C(F)(F)F)cs3)CC2C1. The number of fused-ring (bicyclic) bond motifs is 1. The Kier molecular flexibility index (Phi) is 2.78. The van der Waals surface area contributed by atoms with Crippen molar-refractivity contribution < 1.29 is 13.2 Å². The van der Waals surface area contributed by atoms with Gasteiger partial charge in [0.25, 0.3) is 0 Å². The lowest BCUT2D eigenvalue weighted by atomic mass is 10.0. The maximum absolute atomic E-state index is 12.5. The molecule has 0 saturated carbocycles. The summed E-state index contributed by atoms with van der Waals surface area (Å²) in [7, 11) is 2.09. The summed E-state index contributed by atoms with van der Waals surface area (Å²) in [6, 6.07) is 0. The fourth-order valence-electron chi connectivity index (χ4n) is 2.92. The largest absolute Gasteiger partial charge is 0.434 e. The van der Waals surface area contributed by atoms with Gasteiger partial charge in [-0.25, -0.2) is 4.98 Å². The van der Waals surface area contributed by atoms with Gasteiger partial charge in [-0.3, -0.25) is 0 Å². The molecule has 1 aromatic heterocycles. The third-order valence-corrected chi connectivity index (χ3v) is 4.62.